The Kier molecular flexibility index (Phi) is 6.90. The van der Waals surface area contributed by atoms with Crippen molar-refractivity contribution >= 4 is 57.8 Å². The van der Waals surface area contributed by atoms with Crippen molar-refractivity contribution in [2.45, 2.75) is 13.8 Å². The summed E-state index contributed by atoms with van der Waals surface area (Å²) in [6.07, 6.45) is 3.79. The molecule has 0 saturated heterocycles. The quantitative estimate of drug-likeness (QED) is 0.278. The first kappa shape index (κ1) is 23.0. The lowest BCUT2D eigenvalue weighted by atomic mass is 10.0. The van der Waals surface area contributed by atoms with E-state index in [1.54, 1.807) is 24.3 Å². The molecule has 0 bridgehead atoms. The fourth-order valence-corrected chi connectivity index (χ4v) is 3.66. The maximum atomic E-state index is 13.2. The number of carbonyl (C=O) groups is 2. The predicted molar refractivity (Wildman–Crippen MR) is 142 cm³/mol. The Morgan fingerprint density at radius 2 is 1.65 bits per heavy atom. The van der Waals surface area contributed by atoms with E-state index >= 15 is 0 Å². The van der Waals surface area contributed by atoms with Crippen LogP contribution in [0.2, 0.25) is 0 Å². The predicted octanol–water partition coefficient (Wildman–Crippen LogP) is 6.04. The molecule has 3 aromatic carbocycles. The van der Waals surface area contributed by atoms with Gasteiger partial charge in [0.2, 0.25) is 0 Å². The Bertz CT molecular complexity index is 1410. The molecule has 168 valence electrons. The van der Waals surface area contributed by atoms with E-state index in [2.05, 4.69) is 15.6 Å². The molecular formula is C28H23N3O2S. The molecule has 5 nitrogen and oxygen atoms in total. The fraction of sp³-hybridized carbons (Fsp3) is 0.0714. The molecule has 6 heteroatoms. The van der Waals surface area contributed by atoms with Gasteiger partial charge in [-0.05, 0) is 74.1 Å². The van der Waals surface area contributed by atoms with E-state index in [0.29, 0.717) is 27.7 Å². The van der Waals surface area contributed by atoms with E-state index < -0.39 is 0 Å². The van der Waals surface area contributed by atoms with Crippen molar-refractivity contribution < 1.29 is 9.59 Å². The monoisotopic (exact) mass is 465 g/mol. The number of benzene rings is 3. The van der Waals surface area contributed by atoms with Crippen molar-refractivity contribution in [3.8, 4) is 0 Å². The number of anilines is 1. The van der Waals surface area contributed by atoms with Gasteiger partial charge in [0.25, 0.3) is 5.91 Å². The van der Waals surface area contributed by atoms with Gasteiger partial charge in [-0.1, -0.05) is 54.1 Å². The average molecular weight is 466 g/mol. The van der Waals surface area contributed by atoms with Crippen LogP contribution < -0.4 is 10.6 Å². The van der Waals surface area contributed by atoms with Crippen LogP contribution in [0.3, 0.4) is 0 Å². The number of aryl methyl sites for hydroxylation is 1. The smallest absolute Gasteiger partial charge is 0.258 e. The summed E-state index contributed by atoms with van der Waals surface area (Å²) in [6, 6.07) is 24.4. The Morgan fingerprint density at radius 3 is 2.35 bits per heavy atom. The third kappa shape index (κ3) is 5.60. The van der Waals surface area contributed by atoms with Crippen LogP contribution >= 0.6 is 12.2 Å². The number of pyridine rings is 1. The maximum Gasteiger partial charge on any atom is 0.258 e. The second-order valence-electron chi connectivity index (χ2n) is 7.90. The van der Waals surface area contributed by atoms with Crippen molar-refractivity contribution in [3.05, 3.63) is 107 Å². The molecule has 0 aliphatic carbocycles. The zero-order chi connectivity index (χ0) is 24.1. The Balaban J connectivity index is 1.67. The van der Waals surface area contributed by atoms with Gasteiger partial charge >= 0.3 is 0 Å². The SMILES string of the molecule is CC(=O)c1ccc2nc(/C=C/c3ccccc3)cc(C(=O)NC(=S)Nc3ccc(C)cc3)c2c1. The lowest BCUT2D eigenvalue weighted by Crippen LogP contribution is -2.34. The van der Waals surface area contributed by atoms with Gasteiger partial charge in [0.05, 0.1) is 16.8 Å². The molecule has 0 fully saturated rings. The minimum absolute atomic E-state index is 0.0853. The number of fused-ring (bicyclic) bond motifs is 1. The number of hydrogen-bond acceptors (Lipinski definition) is 4. The molecule has 0 spiro atoms. The summed E-state index contributed by atoms with van der Waals surface area (Å²) in [5.41, 5.74) is 5.05. The van der Waals surface area contributed by atoms with E-state index in [4.69, 9.17) is 12.2 Å². The molecule has 0 atom stereocenters. The van der Waals surface area contributed by atoms with E-state index in [1.165, 1.54) is 6.92 Å². The van der Waals surface area contributed by atoms with Crippen LogP contribution in [-0.2, 0) is 0 Å². The summed E-state index contributed by atoms with van der Waals surface area (Å²) < 4.78 is 0. The molecule has 0 aliphatic heterocycles. The zero-order valence-corrected chi connectivity index (χ0v) is 19.6. The van der Waals surface area contributed by atoms with Crippen molar-refractivity contribution in [3.63, 3.8) is 0 Å². The third-order valence-electron chi connectivity index (χ3n) is 5.26. The van der Waals surface area contributed by atoms with Crippen molar-refractivity contribution in [2.24, 2.45) is 0 Å². The second kappa shape index (κ2) is 10.2. The lowest BCUT2D eigenvalue weighted by Gasteiger charge is -2.12. The van der Waals surface area contributed by atoms with Gasteiger partial charge < -0.3 is 5.32 Å². The first-order chi connectivity index (χ1) is 16.4. The van der Waals surface area contributed by atoms with Crippen LogP contribution in [0.5, 0.6) is 0 Å². The number of amides is 1. The standard InChI is InChI=1S/C28H23N3O2S/c1-18-8-12-22(13-9-18)30-28(34)31-27(33)25-17-23(14-10-20-6-4-3-5-7-20)29-26-15-11-21(19(2)32)16-24(25)26/h3-17H,1-2H3,(H2,30,31,33,34)/b14-10+. The molecule has 0 aliphatic rings. The summed E-state index contributed by atoms with van der Waals surface area (Å²) >= 11 is 5.36. The largest absolute Gasteiger partial charge is 0.332 e. The first-order valence-corrected chi connectivity index (χ1v) is 11.2. The van der Waals surface area contributed by atoms with Gasteiger partial charge in [0.15, 0.2) is 10.9 Å². The summed E-state index contributed by atoms with van der Waals surface area (Å²) in [4.78, 5) is 29.8. The van der Waals surface area contributed by atoms with Crippen molar-refractivity contribution in [2.75, 3.05) is 5.32 Å². The van der Waals surface area contributed by atoms with Gasteiger partial charge in [-0.3, -0.25) is 14.9 Å². The first-order valence-electron chi connectivity index (χ1n) is 10.8. The van der Waals surface area contributed by atoms with E-state index in [-0.39, 0.29) is 16.8 Å². The molecule has 0 radical (unpaired) electrons. The Labute approximate surface area is 203 Å². The van der Waals surface area contributed by atoms with Crippen LogP contribution in [0.15, 0.2) is 78.9 Å². The number of hydrogen-bond donors (Lipinski definition) is 2. The molecule has 1 heterocycles. The maximum absolute atomic E-state index is 13.2. The lowest BCUT2D eigenvalue weighted by molar-refractivity contribution is 0.0976. The minimum Gasteiger partial charge on any atom is -0.332 e. The summed E-state index contributed by atoms with van der Waals surface area (Å²) in [5.74, 6) is -0.468. The van der Waals surface area contributed by atoms with Gasteiger partial charge in [0, 0.05) is 16.6 Å². The van der Waals surface area contributed by atoms with Crippen molar-refractivity contribution in [1.82, 2.24) is 10.3 Å². The average Bonchev–Trinajstić information content (AvgIpc) is 2.83. The zero-order valence-electron chi connectivity index (χ0n) is 18.8. The number of ketones is 1. The third-order valence-corrected chi connectivity index (χ3v) is 5.47. The van der Waals surface area contributed by atoms with Crippen molar-refractivity contribution in [1.29, 1.82) is 0 Å². The van der Waals surface area contributed by atoms with Crippen LogP contribution in [0, 0.1) is 6.92 Å². The van der Waals surface area contributed by atoms with Crippen LogP contribution in [0.25, 0.3) is 23.1 Å². The van der Waals surface area contributed by atoms with Crippen LogP contribution in [0.1, 0.15) is 44.5 Å². The summed E-state index contributed by atoms with van der Waals surface area (Å²) in [7, 11) is 0. The van der Waals surface area contributed by atoms with E-state index in [1.807, 2.05) is 73.7 Å². The van der Waals surface area contributed by atoms with E-state index in [9.17, 15) is 9.59 Å². The Hall–Kier alpha value is -4.16. The number of nitrogens with one attached hydrogen (secondary N) is 2. The molecule has 4 rings (SSSR count). The van der Waals surface area contributed by atoms with Gasteiger partial charge in [0.1, 0.15) is 0 Å². The van der Waals surface area contributed by atoms with Crippen LogP contribution in [-0.4, -0.2) is 21.8 Å². The van der Waals surface area contributed by atoms with Gasteiger partial charge in [-0.25, -0.2) is 4.98 Å². The number of carbonyl (C=O) groups excluding carboxylic acids is 2. The Morgan fingerprint density at radius 1 is 0.912 bits per heavy atom. The number of aromatic nitrogens is 1. The molecule has 1 amide bonds. The highest BCUT2D eigenvalue weighted by Crippen LogP contribution is 2.22. The molecule has 34 heavy (non-hydrogen) atoms. The fourth-order valence-electron chi connectivity index (χ4n) is 3.45. The minimum atomic E-state index is -0.382. The highest BCUT2D eigenvalue weighted by Gasteiger charge is 2.15. The molecular weight excluding hydrogens is 442 g/mol. The highest BCUT2D eigenvalue weighted by molar-refractivity contribution is 7.80. The van der Waals surface area contributed by atoms with Gasteiger partial charge in [-0.15, -0.1) is 0 Å². The topological polar surface area (TPSA) is 71.1 Å². The molecule has 4 aromatic rings. The number of rotatable bonds is 5. The normalized spacial score (nSPS) is 10.9. The van der Waals surface area contributed by atoms with Gasteiger partial charge in [-0.2, -0.15) is 0 Å². The van der Waals surface area contributed by atoms with E-state index in [0.717, 1.165) is 16.8 Å². The molecule has 0 saturated carbocycles. The summed E-state index contributed by atoms with van der Waals surface area (Å²) in [5, 5.41) is 6.54. The van der Waals surface area contributed by atoms with Crippen LogP contribution in [0.4, 0.5) is 5.69 Å². The number of nitrogens with zero attached hydrogens (tertiary/aromatic N) is 1. The number of Topliss-reactive ketones (excluding diaryl/α,β-unsaturated/α-hetero) is 1. The number of thiocarbonyl (C=S) groups is 1. The summed E-state index contributed by atoms with van der Waals surface area (Å²) in [6.45, 7) is 3.49. The molecule has 1 aromatic heterocycles. The molecule has 0 unspecified atom stereocenters. The molecule has 2 N–H and O–H groups in total. The second-order valence-corrected chi connectivity index (χ2v) is 8.31. The highest BCUT2D eigenvalue weighted by atomic mass is 32.1.